The highest BCUT2D eigenvalue weighted by atomic mass is 16.3. The van der Waals surface area contributed by atoms with Crippen molar-refractivity contribution >= 4 is 27.9 Å². The van der Waals surface area contributed by atoms with Crippen molar-refractivity contribution in [3.63, 3.8) is 0 Å². The fourth-order valence-corrected chi connectivity index (χ4v) is 3.33. The molecule has 6 nitrogen and oxygen atoms in total. The van der Waals surface area contributed by atoms with Gasteiger partial charge in [-0.25, -0.2) is 4.98 Å². The van der Waals surface area contributed by atoms with Crippen LogP contribution in [0.15, 0.2) is 93.4 Å². The van der Waals surface area contributed by atoms with Crippen LogP contribution in [0.5, 0.6) is 5.75 Å². The molecule has 140 valence electrons. The van der Waals surface area contributed by atoms with Gasteiger partial charge in [0.2, 0.25) is 5.82 Å². The van der Waals surface area contributed by atoms with Crippen LogP contribution in [0.3, 0.4) is 0 Å². The first kappa shape index (κ1) is 16.9. The second-order valence-corrected chi connectivity index (χ2v) is 6.51. The topological polar surface area (TPSA) is 80.6 Å². The lowest BCUT2D eigenvalue weighted by Gasteiger charge is -2.08. The fraction of sp³-hybridized carbons (Fsp3) is 0. The smallest absolute Gasteiger partial charge is 0.282 e. The number of fused-ring (bicyclic) bond motifs is 2. The van der Waals surface area contributed by atoms with E-state index in [0.29, 0.717) is 22.2 Å². The van der Waals surface area contributed by atoms with Crippen molar-refractivity contribution in [3.8, 4) is 17.3 Å². The Morgan fingerprint density at radius 2 is 1.72 bits per heavy atom. The van der Waals surface area contributed by atoms with Gasteiger partial charge in [-0.05, 0) is 41.1 Å². The highest BCUT2D eigenvalue weighted by molar-refractivity contribution is 6.02. The van der Waals surface area contributed by atoms with Crippen LogP contribution < -0.4 is 5.56 Å². The summed E-state index contributed by atoms with van der Waals surface area (Å²) >= 11 is 0. The van der Waals surface area contributed by atoms with Crippen LogP contribution in [0.4, 0.5) is 0 Å². The van der Waals surface area contributed by atoms with Gasteiger partial charge in [-0.15, -0.1) is 0 Å². The van der Waals surface area contributed by atoms with Gasteiger partial charge in [0.05, 0.1) is 23.4 Å². The molecule has 1 N–H and O–H groups in total. The Morgan fingerprint density at radius 1 is 0.931 bits per heavy atom. The number of phenols is 1. The van der Waals surface area contributed by atoms with E-state index in [-0.39, 0.29) is 17.1 Å². The second kappa shape index (κ2) is 6.76. The predicted molar refractivity (Wildman–Crippen MR) is 112 cm³/mol. The Kier molecular flexibility index (Phi) is 3.95. The van der Waals surface area contributed by atoms with Crippen molar-refractivity contribution < 1.29 is 9.52 Å². The first-order valence-corrected chi connectivity index (χ1v) is 9.03. The maximum Gasteiger partial charge on any atom is 0.282 e. The van der Waals surface area contributed by atoms with Crippen LogP contribution >= 0.6 is 0 Å². The van der Waals surface area contributed by atoms with Crippen LogP contribution in [0.1, 0.15) is 5.56 Å². The Bertz CT molecular complexity index is 1430. The molecule has 29 heavy (non-hydrogen) atoms. The molecular weight excluding hydrogens is 366 g/mol. The minimum absolute atomic E-state index is 0.0776. The van der Waals surface area contributed by atoms with Gasteiger partial charge in [-0.2, -0.15) is 9.78 Å². The van der Waals surface area contributed by atoms with Crippen LogP contribution in [0, 0.1) is 0 Å². The zero-order chi connectivity index (χ0) is 19.8. The van der Waals surface area contributed by atoms with Gasteiger partial charge in [0.15, 0.2) is 5.76 Å². The maximum atomic E-state index is 13.1. The number of phenolic OH excluding ortho intramolecular Hbond substituents is 1. The predicted octanol–water partition coefficient (Wildman–Crippen LogP) is 4.40. The number of hydrogen-bond acceptors (Lipinski definition) is 5. The first-order chi connectivity index (χ1) is 14.2. The van der Waals surface area contributed by atoms with Gasteiger partial charge in [-0.3, -0.25) is 4.79 Å². The monoisotopic (exact) mass is 381 g/mol. The van der Waals surface area contributed by atoms with Crippen molar-refractivity contribution in [2.24, 2.45) is 5.10 Å². The average molecular weight is 381 g/mol. The van der Waals surface area contributed by atoms with Gasteiger partial charge in [0.1, 0.15) is 5.75 Å². The third-order valence-corrected chi connectivity index (χ3v) is 4.75. The molecule has 0 aliphatic heterocycles. The van der Waals surface area contributed by atoms with E-state index in [1.165, 1.54) is 17.2 Å². The molecule has 0 unspecified atom stereocenters. The normalized spacial score (nSPS) is 11.6. The lowest BCUT2D eigenvalue weighted by molar-refractivity contribution is 0.475. The van der Waals surface area contributed by atoms with E-state index >= 15 is 0 Å². The average Bonchev–Trinajstić information content (AvgIpc) is 3.29. The quantitative estimate of drug-likeness (QED) is 0.470. The number of nitrogens with zero attached hydrogens (tertiary/aromatic N) is 3. The van der Waals surface area contributed by atoms with E-state index in [1.807, 2.05) is 36.4 Å². The number of aromatic hydroxyl groups is 1. The lowest BCUT2D eigenvalue weighted by Crippen LogP contribution is -2.20. The van der Waals surface area contributed by atoms with Crippen LogP contribution in [-0.4, -0.2) is 21.0 Å². The number of furan rings is 1. The molecule has 5 rings (SSSR count). The van der Waals surface area contributed by atoms with Gasteiger partial charge >= 0.3 is 0 Å². The number of aromatic nitrogens is 2. The summed E-state index contributed by atoms with van der Waals surface area (Å²) < 4.78 is 6.66. The summed E-state index contributed by atoms with van der Waals surface area (Å²) in [5.41, 5.74) is 0.759. The van der Waals surface area contributed by atoms with E-state index in [4.69, 9.17) is 4.42 Å². The standard InChI is InChI=1S/C23H15N3O3/c27-20-12-11-15-6-1-2-7-16(15)18(20)14-24-26-22(21-10-5-13-29-21)25-19-9-4-3-8-17(19)23(26)28/h1-14,27H/b24-14+. The summed E-state index contributed by atoms with van der Waals surface area (Å²) in [6.07, 6.45) is 2.99. The van der Waals surface area contributed by atoms with Crippen molar-refractivity contribution in [3.05, 3.63) is 95.0 Å². The molecule has 2 heterocycles. The highest BCUT2D eigenvalue weighted by Gasteiger charge is 2.14. The van der Waals surface area contributed by atoms with Crippen LogP contribution in [-0.2, 0) is 0 Å². The molecule has 0 aliphatic carbocycles. The minimum Gasteiger partial charge on any atom is -0.507 e. The molecule has 0 amide bonds. The molecule has 0 fully saturated rings. The third kappa shape index (κ3) is 2.87. The Hall–Kier alpha value is -4.19. The van der Waals surface area contributed by atoms with Gasteiger partial charge < -0.3 is 9.52 Å². The highest BCUT2D eigenvalue weighted by Crippen LogP contribution is 2.26. The summed E-state index contributed by atoms with van der Waals surface area (Å²) in [6.45, 7) is 0. The lowest BCUT2D eigenvalue weighted by atomic mass is 10.0. The minimum atomic E-state index is -0.321. The van der Waals surface area contributed by atoms with Crippen molar-refractivity contribution in [1.82, 2.24) is 9.66 Å². The van der Waals surface area contributed by atoms with Crippen molar-refractivity contribution in [2.75, 3.05) is 0 Å². The summed E-state index contributed by atoms with van der Waals surface area (Å²) in [5, 5.41) is 17.0. The SMILES string of the molecule is O=c1c2ccccc2nc(-c2ccco2)n1/N=C/c1c(O)ccc2ccccc12. The molecular formula is C23H15N3O3. The summed E-state index contributed by atoms with van der Waals surface area (Å²) in [7, 11) is 0. The molecule has 5 aromatic rings. The zero-order valence-corrected chi connectivity index (χ0v) is 15.2. The molecule has 0 atom stereocenters. The summed E-state index contributed by atoms with van der Waals surface area (Å²) in [5.74, 6) is 0.788. The number of benzene rings is 3. The molecule has 2 aromatic heterocycles. The third-order valence-electron chi connectivity index (χ3n) is 4.75. The molecule has 6 heteroatoms. The van der Waals surface area contributed by atoms with Crippen molar-refractivity contribution in [1.29, 1.82) is 0 Å². The Morgan fingerprint density at radius 3 is 2.55 bits per heavy atom. The molecule has 0 aliphatic rings. The van der Waals surface area contributed by atoms with E-state index in [2.05, 4.69) is 10.1 Å². The van der Waals surface area contributed by atoms with E-state index in [0.717, 1.165) is 10.8 Å². The molecule has 3 aromatic carbocycles. The molecule has 0 saturated carbocycles. The number of rotatable bonds is 3. The van der Waals surface area contributed by atoms with Crippen LogP contribution in [0.2, 0.25) is 0 Å². The molecule has 0 spiro atoms. The molecule has 0 radical (unpaired) electrons. The van der Waals surface area contributed by atoms with Gasteiger partial charge in [0, 0.05) is 5.56 Å². The van der Waals surface area contributed by atoms with E-state index in [1.54, 1.807) is 36.4 Å². The van der Waals surface area contributed by atoms with Gasteiger partial charge in [0.25, 0.3) is 5.56 Å². The molecule has 0 bridgehead atoms. The van der Waals surface area contributed by atoms with Gasteiger partial charge in [-0.1, -0.05) is 42.5 Å². The number of para-hydroxylation sites is 1. The summed E-state index contributed by atoms with van der Waals surface area (Å²) in [6, 6.07) is 21.6. The summed E-state index contributed by atoms with van der Waals surface area (Å²) in [4.78, 5) is 17.7. The van der Waals surface area contributed by atoms with E-state index in [9.17, 15) is 9.90 Å². The van der Waals surface area contributed by atoms with Crippen LogP contribution in [0.25, 0.3) is 33.3 Å². The van der Waals surface area contributed by atoms with E-state index < -0.39 is 0 Å². The Labute approximate surface area is 165 Å². The fourth-order valence-electron chi connectivity index (χ4n) is 3.33. The largest absolute Gasteiger partial charge is 0.507 e. The maximum absolute atomic E-state index is 13.1. The molecule has 0 saturated heterocycles. The number of hydrogen-bond donors (Lipinski definition) is 1. The zero-order valence-electron chi connectivity index (χ0n) is 15.2. The first-order valence-electron chi connectivity index (χ1n) is 9.03. The second-order valence-electron chi connectivity index (χ2n) is 6.51. The Balaban J connectivity index is 1.76. The van der Waals surface area contributed by atoms with Crippen molar-refractivity contribution in [2.45, 2.75) is 0 Å².